The maximum Gasteiger partial charge on any atom is 0.111 e. The molecule has 0 fully saturated rings. The number of fused-ring (bicyclic) bond motifs is 1. The largest absolute Gasteiger partial charge is 0.380 e. The van der Waals surface area contributed by atoms with Gasteiger partial charge in [0.05, 0.1) is 18.3 Å². The molecule has 0 saturated carbocycles. The van der Waals surface area contributed by atoms with E-state index in [9.17, 15) is 0 Å². The third kappa shape index (κ3) is 3.67. The predicted octanol–water partition coefficient (Wildman–Crippen LogP) is 3.03. The number of nitrogens with zero attached hydrogens (tertiary/aromatic N) is 3. The average Bonchev–Trinajstić information content (AvgIpc) is 2.77. The third-order valence-corrected chi connectivity index (χ3v) is 3.24. The highest BCUT2D eigenvalue weighted by molar-refractivity contribution is 6.17. The van der Waals surface area contributed by atoms with Crippen LogP contribution in [0.5, 0.6) is 0 Å². The van der Waals surface area contributed by atoms with Crippen molar-refractivity contribution >= 4 is 22.6 Å². The molecule has 0 N–H and O–H groups in total. The van der Waals surface area contributed by atoms with E-state index in [4.69, 9.17) is 16.3 Å². The van der Waals surface area contributed by atoms with Crippen LogP contribution < -0.4 is 0 Å². The molecule has 0 bridgehead atoms. The lowest BCUT2D eigenvalue weighted by Gasteiger charge is -2.09. The molecule has 19 heavy (non-hydrogen) atoms. The standard InChI is InChI=1S/C14H20ClN3O/c1-2-3-9-19-10-8-18-13-5-7-16-11-12(13)17-14(18)4-6-15/h5,7,11H,2-4,6,8-10H2,1H3. The Bertz CT molecular complexity index is 512. The van der Waals surface area contributed by atoms with Crippen LogP contribution in [0.2, 0.25) is 0 Å². The number of ether oxygens (including phenoxy) is 1. The molecule has 2 aromatic heterocycles. The SMILES string of the molecule is CCCCOCCn1c(CCCl)nc2cnccc21. The first kappa shape index (κ1) is 14.3. The molecule has 0 atom stereocenters. The van der Waals surface area contributed by atoms with Gasteiger partial charge in [-0.1, -0.05) is 13.3 Å². The van der Waals surface area contributed by atoms with Gasteiger partial charge in [-0.2, -0.15) is 0 Å². The van der Waals surface area contributed by atoms with Crippen LogP contribution in [0.3, 0.4) is 0 Å². The monoisotopic (exact) mass is 281 g/mol. The minimum absolute atomic E-state index is 0.577. The first-order valence-corrected chi connectivity index (χ1v) is 7.33. The van der Waals surface area contributed by atoms with Crippen LogP contribution >= 0.6 is 11.6 Å². The second kappa shape index (κ2) is 7.46. The smallest absolute Gasteiger partial charge is 0.111 e. The van der Waals surface area contributed by atoms with Gasteiger partial charge in [-0.15, -0.1) is 11.6 Å². The van der Waals surface area contributed by atoms with Gasteiger partial charge in [-0.25, -0.2) is 4.98 Å². The molecule has 0 amide bonds. The summed E-state index contributed by atoms with van der Waals surface area (Å²) >= 11 is 5.84. The molecule has 0 aliphatic heterocycles. The van der Waals surface area contributed by atoms with E-state index >= 15 is 0 Å². The zero-order valence-electron chi connectivity index (χ0n) is 11.3. The van der Waals surface area contributed by atoms with E-state index in [1.54, 1.807) is 12.4 Å². The van der Waals surface area contributed by atoms with Gasteiger partial charge in [0.2, 0.25) is 0 Å². The van der Waals surface area contributed by atoms with Gasteiger partial charge in [0.25, 0.3) is 0 Å². The van der Waals surface area contributed by atoms with E-state index in [1.165, 1.54) is 0 Å². The molecule has 2 heterocycles. The maximum absolute atomic E-state index is 5.84. The topological polar surface area (TPSA) is 39.9 Å². The highest BCUT2D eigenvalue weighted by Crippen LogP contribution is 2.15. The molecule has 0 saturated heterocycles. The first-order chi connectivity index (χ1) is 9.36. The van der Waals surface area contributed by atoms with Gasteiger partial charge in [-0.3, -0.25) is 4.98 Å². The number of alkyl halides is 1. The number of rotatable bonds is 8. The summed E-state index contributed by atoms with van der Waals surface area (Å²) in [7, 11) is 0. The lowest BCUT2D eigenvalue weighted by atomic mass is 10.4. The lowest BCUT2D eigenvalue weighted by Crippen LogP contribution is -2.10. The van der Waals surface area contributed by atoms with Gasteiger partial charge in [0.1, 0.15) is 11.3 Å². The number of unbranched alkanes of at least 4 members (excludes halogenated alkanes) is 1. The van der Waals surface area contributed by atoms with Crippen LogP contribution in [0.1, 0.15) is 25.6 Å². The number of hydrogen-bond acceptors (Lipinski definition) is 3. The van der Waals surface area contributed by atoms with E-state index in [0.717, 1.165) is 49.3 Å². The number of aryl methyl sites for hydroxylation is 1. The van der Waals surface area contributed by atoms with E-state index < -0.39 is 0 Å². The van der Waals surface area contributed by atoms with E-state index in [1.807, 2.05) is 6.07 Å². The molecule has 5 heteroatoms. The molecule has 0 aromatic carbocycles. The van der Waals surface area contributed by atoms with Crippen LogP contribution in [0.25, 0.3) is 11.0 Å². The van der Waals surface area contributed by atoms with Crippen LogP contribution in [-0.4, -0.2) is 33.6 Å². The molecular weight excluding hydrogens is 262 g/mol. The van der Waals surface area contributed by atoms with Crippen molar-refractivity contribution in [3.8, 4) is 0 Å². The summed E-state index contributed by atoms with van der Waals surface area (Å²) in [6.45, 7) is 4.52. The fraction of sp³-hybridized carbons (Fsp3) is 0.571. The van der Waals surface area contributed by atoms with E-state index in [-0.39, 0.29) is 0 Å². The normalized spacial score (nSPS) is 11.3. The van der Waals surface area contributed by atoms with Crippen LogP contribution in [0, 0.1) is 0 Å². The highest BCUT2D eigenvalue weighted by atomic mass is 35.5. The molecule has 0 unspecified atom stereocenters. The third-order valence-electron chi connectivity index (χ3n) is 3.05. The fourth-order valence-electron chi connectivity index (χ4n) is 2.06. The van der Waals surface area contributed by atoms with Crippen LogP contribution in [-0.2, 0) is 17.7 Å². The van der Waals surface area contributed by atoms with Gasteiger partial charge < -0.3 is 9.30 Å². The minimum Gasteiger partial charge on any atom is -0.380 e. The zero-order valence-corrected chi connectivity index (χ0v) is 12.1. The Labute approximate surface area is 118 Å². The summed E-state index contributed by atoms with van der Waals surface area (Å²) < 4.78 is 7.82. The van der Waals surface area contributed by atoms with Gasteiger partial charge in [-0.05, 0) is 12.5 Å². The lowest BCUT2D eigenvalue weighted by molar-refractivity contribution is 0.123. The molecule has 2 aromatic rings. The van der Waals surface area contributed by atoms with Crippen molar-refractivity contribution in [2.45, 2.75) is 32.7 Å². The quantitative estimate of drug-likeness (QED) is 0.551. The predicted molar refractivity (Wildman–Crippen MR) is 77.7 cm³/mol. The second-order valence-corrected chi connectivity index (χ2v) is 4.83. The van der Waals surface area contributed by atoms with Gasteiger partial charge in [0, 0.05) is 31.6 Å². The number of imidazole rings is 1. The molecule has 0 radical (unpaired) electrons. The molecule has 4 nitrogen and oxygen atoms in total. The first-order valence-electron chi connectivity index (χ1n) is 6.79. The van der Waals surface area contributed by atoms with E-state index in [0.29, 0.717) is 12.5 Å². The Balaban J connectivity index is 2.08. The molecule has 104 valence electrons. The zero-order chi connectivity index (χ0) is 13.5. The van der Waals surface area contributed by atoms with Crippen molar-refractivity contribution in [2.75, 3.05) is 19.1 Å². The number of aromatic nitrogens is 3. The van der Waals surface area contributed by atoms with Crippen molar-refractivity contribution in [2.24, 2.45) is 0 Å². The Morgan fingerprint density at radius 2 is 2.26 bits per heavy atom. The van der Waals surface area contributed by atoms with E-state index in [2.05, 4.69) is 21.5 Å². The highest BCUT2D eigenvalue weighted by Gasteiger charge is 2.09. The van der Waals surface area contributed by atoms with Crippen molar-refractivity contribution < 1.29 is 4.74 Å². The Morgan fingerprint density at radius 3 is 3.05 bits per heavy atom. The number of pyridine rings is 1. The van der Waals surface area contributed by atoms with Crippen LogP contribution in [0.15, 0.2) is 18.5 Å². The fourth-order valence-corrected chi connectivity index (χ4v) is 2.23. The summed E-state index contributed by atoms with van der Waals surface area (Å²) in [5, 5.41) is 0. The molecule has 0 spiro atoms. The summed E-state index contributed by atoms with van der Waals surface area (Å²) in [5.74, 6) is 1.59. The Kier molecular flexibility index (Phi) is 5.61. The van der Waals surface area contributed by atoms with Crippen molar-refractivity contribution in [1.29, 1.82) is 0 Å². The Hall–Kier alpha value is -1.13. The van der Waals surface area contributed by atoms with Gasteiger partial charge >= 0.3 is 0 Å². The number of halogens is 1. The number of hydrogen-bond donors (Lipinski definition) is 0. The minimum atomic E-state index is 0.577. The van der Waals surface area contributed by atoms with Crippen molar-refractivity contribution in [3.63, 3.8) is 0 Å². The summed E-state index contributed by atoms with van der Waals surface area (Å²) in [6, 6.07) is 1.99. The molecule has 2 rings (SSSR count). The van der Waals surface area contributed by atoms with Crippen molar-refractivity contribution in [3.05, 3.63) is 24.3 Å². The average molecular weight is 282 g/mol. The Morgan fingerprint density at radius 1 is 1.37 bits per heavy atom. The summed E-state index contributed by atoms with van der Waals surface area (Å²) in [5.41, 5.74) is 2.03. The molecule has 0 aliphatic rings. The summed E-state index contributed by atoms with van der Waals surface area (Å²) in [4.78, 5) is 8.69. The summed E-state index contributed by atoms with van der Waals surface area (Å²) in [6.07, 6.45) is 6.63. The molecular formula is C14H20ClN3O. The second-order valence-electron chi connectivity index (χ2n) is 4.45. The van der Waals surface area contributed by atoms with Crippen LogP contribution in [0.4, 0.5) is 0 Å². The molecule has 0 aliphatic carbocycles. The van der Waals surface area contributed by atoms with Crippen molar-refractivity contribution in [1.82, 2.24) is 14.5 Å². The van der Waals surface area contributed by atoms with Gasteiger partial charge in [0.15, 0.2) is 0 Å². The maximum atomic E-state index is 5.84.